The molecule has 0 spiro atoms. The molecule has 0 aromatic carbocycles. The van der Waals surface area contributed by atoms with E-state index in [1.54, 1.807) is 0 Å². The van der Waals surface area contributed by atoms with Crippen molar-refractivity contribution in [1.29, 1.82) is 0 Å². The van der Waals surface area contributed by atoms with E-state index in [4.69, 9.17) is 37.9 Å². The van der Waals surface area contributed by atoms with Gasteiger partial charge in [-0.2, -0.15) is 37.9 Å². The zero-order valence-corrected chi connectivity index (χ0v) is 30.9. The molecule has 0 nitrogen and oxygen atoms in total. The first-order chi connectivity index (χ1) is 21.0. The summed E-state index contributed by atoms with van der Waals surface area (Å²) in [5.41, 5.74) is 0. The lowest BCUT2D eigenvalue weighted by Crippen LogP contribution is -2.18. The SMILES string of the molecule is SC1CC(CC2CC(S)C(CC3CCC(C4CCCCCCCC4)CC(S)C3)C2)CCC(C2CCCCCCCCC2)C1. The fraction of sp³-hybridized carbons (Fsp3) is 1.00. The van der Waals surface area contributed by atoms with Gasteiger partial charge in [0, 0.05) is 15.7 Å². The molecule has 5 rings (SSSR count). The second-order valence-corrected chi connectivity index (χ2v) is 19.2. The van der Waals surface area contributed by atoms with E-state index in [2.05, 4.69) is 0 Å². The van der Waals surface area contributed by atoms with Crippen molar-refractivity contribution in [3.05, 3.63) is 0 Å². The maximum atomic E-state index is 5.27. The van der Waals surface area contributed by atoms with Crippen molar-refractivity contribution >= 4 is 37.9 Å². The van der Waals surface area contributed by atoms with E-state index >= 15 is 0 Å². The molecule has 3 heteroatoms. The van der Waals surface area contributed by atoms with Gasteiger partial charge in [-0.3, -0.25) is 0 Å². The molecule has 0 aliphatic heterocycles. The number of rotatable bonds is 6. The van der Waals surface area contributed by atoms with Crippen LogP contribution in [0.1, 0.15) is 186 Å². The van der Waals surface area contributed by atoms with Crippen molar-refractivity contribution < 1.29 is 0 Å². The molecule has 0 saturated heterocycles. The van der Waals surface area contributed by atoms with Crippen LogP contribution in [0.5, 0.6) is 0 Å². The molecular weight excluding hydrogens is 577 g/mol. The Balaban J connectivity index is 1.07. The molecule has 0 heterocycles. The summed E-state index contributed by atoms with van der Waals surface area (Å²) >= 11 is 15.7. The highest BCUT2D eigenvalue weighted by Crippen LogP contribution is 2.47. The van der Waals surface area contributed by atoms with Gasteiger partial charge in [-0.1, -0.05) is 122 Å². The second-order valence-electron chi connectivity index (χ2n) is 17.1. The third-order valence-electron chi connectivity index (χ3n) is 13.7. The lowest BCUT2D eigenvalue weighted by molar-refractivity contribution is 0.243. The van der Waals surface area contributed by atoms with Gasteiger partial charge < -0.3 is 0 Å². The van der Waals surface area contributed by atoms with Crippen molar-refractivity contribution in [2.45, 2.75) is 202 Å². The monoisotopic (exact) mass is 648 g/mol. The Labute approximate surface area is 285 Å². The first kappa shape index (κ1) is 35.4. The molecule has 0 N–H and O–H groups in total. The molecule has 5 fully saturated rings. The summed E-state index contributed by atoms with van der Waals surface area (Å²) < 4.78 is 0. The van der Waals surface area contributed by atoms with E-state index in [9.17, 15) is 0 Å². The van der Waals surface area contributed by atoms with E-state index in [-0.39, 0.29) is 0 Å². The first-order valence-electron chi connectivity index (χ1n) is 20.1. The zero-order chi connectivity index (χ0) is 29.9. The third kappa shape index (κ3) is 11.9. The van der Waals surface area contributed by atoms with E-state index in [0.717, 1.165) is 47.3 Å². The van der Waals surface area contributed by atoms with Crippen LogP contribution in [-0.2, 0) is 0 Å². The Morgan fingerprint density at radius 1 is 0.326 bits per heavy atom. The minimum atomic E-state index is 0.638. The van der Waals surface area contributed by atoms with Gasteiger partial charge in [0.2, 0.25) is 0 Å². The highest BCUT2D eigenvalue weighted by molar-refractivity contribution is 7.81. The van der Waals surface area contributed by atoms with Crippen molar-refractivity contribution in [3.63, 3.8) is 0 Å². The lowest BCUT2D eigenvalue weighted by Gasteiger charge is -2.28. The van der Waals surface area contributed by atoms with E-state index in [1.807, 2.05) is 0 Å². The summed E-state index contributed by atoms with van der Waals surface area (Å²) in [6, 6.07) is 0. The number of hydrogen-bond acceptors (Lipinski definition) is 3. The van der Waals surface area contributed by atoms with Gasteiger partial charge in [0.1, 0.15) is 0 Å². The second kappa shape index (κ2) is 19.1. The van der Waals surface area contributed by atoms with Gasteiger partial charge in [0.05, 0.1) is 0 Å². The molecule has 43 heavy (non-hydrogen) atoms. The van der Waals surface area contributed by atoms with Crippen LogP contribution in [-0.4, -0.2) is 15.7 Å². The molecule has 0 bridgehead atoms. The fourth-order valence-corrected chi connectivity index (χ4v) is 13.0. The topological polar surface area (TPSA) is 0 Å². The number of thiol groups is 3. The molecule has 250 valence electrons. The molecule has 5 saturated carbocycles. The van der Waals surface area contributed by atoms with Gasteiger partial charge in [-0.05, 0) is 112 Å². The summed E-state index contributed by atoms with van der Waals surface area (Å²) in [6.07, 6.45) is 42.7. The maximum Gasteiger partial charge on any atom is 0.00479 e. The van der Waals surface area contributed by atoms with Crippen molar-refractivity contribution in [2.24, 2.45) is 47.3 Å². The van der Waals surface area contributed by atoms with Crippen LogP contribution in [0.2, 0.25) is 0 Å². The largest absolute Gasteiger partial charge is 0.176 e. The Bertz CT molecular complexity index is 734. The van der Waals surface area contributed by atoms with Gasteiger partial charge in [-0.25, -0.2) is 0 Å². The molecule has 0 aromatic heterocycles. The van der Waals surface area contributed by atoms with E-state index in [1.165, 1.54) is 186 Å². The van der Waals surface area contributed by atoms with Gasteiger partial charge in [0.15, 0.2) is 0 Å². The predicted octanol–water partition coefficient (Wildman–Crippen LogP) is 13.2. The Morgan fingerprint density at radius 2 is 0.744 bits per heavy atom. The average molecular weight is 649 g/mol. The summed E-state index contributed by atoms with van der Waals surface area (Å²) in [5, 5.41) is 1.93. The smallest absolute Gasteiger partial charge is 0.00479 e. The van der Waals surface area contributed by atoms with Crippen LogP contribution >= 0.6 is 37.9 Å². The zero-order valence-electron chi connectivity index (χ0n) is 28.2. The Hall–Kier alpha value is 1.05. The molecule has 5 aliphatic carbocycles. The van der Waals surface area contributed by atoms with Crippen LogP contribution in [0.3, 0.4) is 0 Å². The fourth-order valence-electron chi connectivity index (χ4n) is 11.3. The first-order valence-corrected chi connectivity index (χ1v) is 21.6. The number of hydrogen-bond donors (Lipinski definition) is 3. The van der Waals surface area contributed by atoms with Gasteiger partial charge in [0.25, 0.3) is 0 Å². The standard InChI is InChI=1S/C40H72S3/c41-38-25-30(18-20-35(28-38)33-14-10-6-2-1-3-7-11-15-33)22-32-24-37(40(43)27-32)23-31-19-21-36(29-39(42)26-31)34-16-12-8-4-5-9-13-17-34/h30-43H,1-29H2. The van der Waals surface area contributed by atoms with E-state index in [0.29, 0.717) is 15.7 Å². The summed E-state index contributed by atoms with van der Waals surface area (Å²) in [5.74, 6) is 7.51. The lowest BCUT2D eigenvalue weighted by atomic mass is 9.78. The minimum absolute atomic E-state index is 0.638. The molecular formula is C40H72S3. The summed E-state index contributed by atoms with van der Waals surface area (Å²) in [7, 11) is 0. The highest BCUT2D eigenvalue weighted by Gasteiger charge is 2.38. The predicted molar refractivity (Wildman–Crippen MR) is 200 cm³/mol. The maximum absolute atomic E-state index is 5.27. The Kier molecular flexibility index (Phi) is 15.7. The van der Waals surface area contributed by atoms with E-state index < -0.39 is 0 Å². The van der Waals surface area contributed by atoms with Crippen molar-refractivity contribution in [2.75, 3.05) is 0 Å². The summed E-state index contributed by atoms with van der Waals surface area (Å²) in [4.78, 5) is 0. The highest BCUT2D eigenvalue weighted by atomic mass is 32.1. The van der Waals surface area contributed by atoms with Crippen LogP contribution in [0.15, 0.2) is 0 Å². The van der Waals surface area contributed by atoms with Gasteiger partial charge in [-0.15, -0.1) is 0 Å². The molecule has 9 atom stereocenters. The molecule has 0 radical (unpaired) electrons. The summed E-state index contributed by atoms with van der Waals surface area (Å²) in [6.45, 7) is 0. The average Bonchev–Trinajstić information content (AvgIpc) is 3.17. The molecule has 0 aromatic rings. The quantitative estimate of drug-likeness (QED) is 0.185. The molecule has 0 amide bonds. The molecule has 5 aliphatic rings. The van der Waals surface area contributed by atoms with Crippen LogP contribution in [0.25, 0.3) is 0 Å². The van der Waals surface area contributed by atoms with Crippen LogP contribution in [0.4, 0.5) is 0 Å². The normalized spacial score (nSPS) is 41.0. The third-order valence-corrected chi connectivity index (χ3v) is 15.2. The van der Waals surface area contributed by atoms with Crippen LogP contribution in [0, 0.1) is 47.3 Å². The molecule has 9 unspecified atom stereocenters. The van der Waals surface area contributed by atoms with Gasteiger partial charge >= 0.3 is 0 Å². The Morgan fingerprint density at radius 3 is 1.21 bits per heavy atom. The minimum Gasteiger partial charge on any atom is -0.176 e. The van der Waals surface area contributed by atoms with Crippen molar-refractivity contribution in [3.8, 4) is 0 Å². The van der Waals surface area contributed by atoms with Crippen LogP contribution < -0.4 is 0 Å². The van der Waals surface area contributed by atoms with Crippen molar-refractivity contribution in [1.82, 2.24) is 0 Å².